The second kappa shape index (κ2) is 12.4. The van der Waals surface area contributed by atoms with E-state index in [9.17, 15) is 22.9 Å². The number of halogens is 2. The van der Waals surface area contributed by atoms with Crippen molar-refractivity contribution in [1.29, 1.82) is 5.26 Å². The number of nitrogens with one attached hydrogen (secondary N) is 2. The van der Waals surface area contributed by atoms with E-state index in [1.54, 1.807) is 10.6 Å². The lowest BCUT2D eigenvalue weighted by Crippen LogP contribution is -2.41. The molecule has 3 aliphatic heterocycles. The van der Waals surface area contributed by atoms with Gasteiger partial charge in [-0.05, 0) is 69.1 Å². The van der Waals surface area contributed by atoms with Crippen LogP contribution in [-0.2, 0) is 19.7 Å². The molecule has 2 N–H and O–H groups in total. The molecule has 0 aliphatic carbocycles. The van der Waals surface area contributed by atoms with Crippen LogP contribution in [0.4, 0.5) is 10.1 Å². The molecule has 3 saturated heterocycles. The highest BCUT2D eigenvalue weighted by Gasteiger charge is 2.42. The van der Waals surface area contributed by atoms with Crippen molar-refractivity contribution < 1.29 is 27.0 Å². The van der Waals surface area contributed by atoms with Gasteiger partial charge in [0, 0.05) is 20.2 Å². The molecule has 6 rings (SSSR count). The lowest BCUT2D eigenvalue weighted by Gasteiger charge is -2.32. The van der Waals surface area contributed by atoms with E-state index in [1.807, 2.05) is 6.07 Å². The van der Waals surface area contributed by atoms with Crippen LogP contribution in [0.15, 0.2) is 41.5 Å². The second-order valence-corrected chi connectivity index (χ2v) is 12.5. The van der Waals surface area contributed by atoms with Gasteiger partial charge < -0.3 is 19.5 Å². The Bertz CT molecular complexity index is 1730. The molecule has 1 spiro atoms. The Kier molecular flexibility index (Phi) is 8.94. The summed E-state index contributed by atoms with van der Waals surface area (Å²) in [5, 5.41) is 13.5. The molecule has 1 unspecified atom stereocenters. The summed E-state index contributed by atoms with van der Waals surface area (Å²) in [4.78, 5) is 18.0. The van der Waals surface area contributed by atoms with Crippen molar-refractivity contribution in [2.75, 3.05) is 44.6 Å². The summed E-state index contributed by atoms with van der Waals surface area (Å²) in [5.74, 6) is -1.24. The van der Waals surface area contributed by atoms with E-state index >= 15 is 0 Å². The van der Waals surface area contributed by atoms with Crippen LogP contribution in [0.1, 0.15) is 37.3 Å². The molecule has 15 heteroatoms. The number of nitrogens with zero attached hydrogens (tertiary/aromatic N) is 4. The average molecular weight is 635 g/mol. The van der Waals surface area contributed by atoms with E-state index in [-0.39, 0.29) is 71.2 Å². The fraction of sp³-hybridized carbons (Fsp3) is 0.464. The van der Waals surface area contributed by atoms with Gasteiger partial charge in [0.1, 0.15) is 17.4 Å². The van der Waals surface area contributed by atoms with Gasteiger partial charge in [-0.25, -0.2) is 9.37 Å². The Morgan fingerprint density at radius 1 is 1.26 bits per heavy atom. The molecule has 2 aromatic carbocycles. The number of aromatic nitrogens is 2. The zero-order chi connectivity index (χ0) is 29.5. The van der Waals surface area contributed by atoms with Crippen LogP contribution >= 0.6 is 12.4 Å². The number of piperidine rings is 1. The van der Waals surface area contributed by atoms with Gasteiger partial charge in [0.25, 0.3) is 5.56 Å². The van der Waals surface area contributed by atoms with Crippen LogP contribution in [0.5, 0.6) is 11.5 Å². The first-order valence-corrected chi connectivity index (χ1v) is 15.2. The number of hydrogen-bond acceptors (Lipinski definition) is 9. The number of benzene rings is 2. The molecule has 3 fully saturated rings. The Labute approximate surface area is 254 Å². The van der Waals surface area contributed by atoms with E-state index in [4.69, 9.17) is 14.2 Å². The largest absolute Gasteiger partial charge is 0.453 e. The lowest BCUT2D eigenvalue weighted by atomic mass is 9.88. The Morgan fingerprint density at radius 3 is 2.77 bits per heavy atom. The second-order valence-electron chi connectivity index (χ2n) is 10.9. The van der Waals surface area contributed by atoms with Crippen LogP contribution in [0.25, 0.3) is 10.9 Å². The number of hydrogen-bond donors (Lipinski definition) is 2. The third-order valence-corrected chi connectivity index (χ3v) is 9.80. The van der Waals surface area contributed by atoms with Crippen molar-refractivity contribution in [1.82, 2.24) is 19.2 Å². The van der Waals surface area contributed by atoms with Crippen LogP contribution in [0, 0.1) is 17.1 Å². The normalized spacial score (nSPS) is 21.9. The SMILES string of the molecule is COC1CCN(S(=O)(=O)Nc2ccc(F)c(Oc3ccc4ncn([C@H]5COC6(CCNCC6)C5)c(=O)c4c3)c2C#N)C1.Cl. The van der Waals surface area contributed by atoms with Crippen molar-refractivity contribution in [3.05, 3.63) is 58.4 Å². The van der Waals surface area contributed by atoms with Gasteiger partial charge in [-0.1, -0.05) is 0 Å². The zero-order valence-corrected chi connectivity index (χ0v) is 25.0. The van der Waals surface area contributed by atoms with Gasteiger partial charge in [-0.3, -0.25) is 14.1 Å². The number of methoxy groups -OCH3 is 1. The van der Waals surface area contributed by atoms with Crippen LogP contribution < -0.4 is 20.3 Å². The maximum atomic E-state index is 15.0. The Balaban J connectivity index is 0.00000368. The summed E-state index contributed by atoms with van der Waals surface area (Å²) in [6, 6.07) is 8.40. The maximum absolute atomic E-state index is 15.0. The molecule has 2 atom stereocenters. The van der Waals surface area contributed by atoms with Crippen molar-refractivity contribution in [3.63, 3.8) is 0 Å². The third-order valence-electron chi connectivity index (χ3n) is 8.31. The zero-order valence-electron chi connectivity index (χ0n) is 23.4. The number of fused-ring (bicyclic) bond motifs is 1. The molecule has 0 bridgehead atoms. The van der Waals surface area contributed by atoms with Gasteiger partial charge in [0.05, 0.1) is 47.3 Å². The quantitative estimate of drug-likeness (QED) is 0.400. The number of anilines is 1. The molecule has 12 nitrogen and oxygen atoms in total. The highest BCUT2D eigenvalue weighted by molar-refractivity contribution is 7.90. The summed E-state index contributed by atoms with van der Waals surface area (Å²) in [5.41, 5.74) is -0.561. The van der Waals surface area contributed by atoms with Gasteiger partial charge in [0.15, 0.2) is 11.6 Å². The monoisotopic (exact) mass is 634 g/mol. The predicted molar refractivity (Wildman–Crippen MR) is 158 cm³/mol. The first-order valence-electron chi connectivity index (χ1n) is 13.8. The molecule has 0 saturated carbocycles. The molecular weight excluding hydrogens is 603 g/mol. The van der Waals surface area contributed by atoms with Gasteiger partial charge >= 0.3 is 10.2 Å². The van der Waals surface area contributed by atoms with E-state index in [2.05, 4.69) is 15.0 Å². The maximum Gasteiger partial charge on any atom is 0.301 e. The van der Waals surface area contributed by atoms with Crippen LogP contribution in [0.2, 0.25) is 0 Å². The molecule has 43 heavy (non-hydrogen) atoms. The Hall–Kier alpha value is -3.32. The first kappa shape index (κ1) is 31.1. The Morgan fingerprint density at radius 2 is 2.05 bits per heavy atom. The van der Waals surface area contributed by atoms with Crippen molar-refractivity contribution in [2.45, 2.75) is 43.4 Å². The van der Waals surface area contributed by atoms with Crippen LogP contribution in [-0.4, -0.2) is 73.9 Å². The van der Waals surface area contributed by atoms with Crippen molar-refractivity contribution in [3.8, 4) is 17.6 Å². The summed E-state index contributed by atoms with van der Waals surface area (Å²) >= 11 is 0. The summed E-state index contributed by atoms with van der Waals surface area (Å²) in [6.45, 7) is 2.55. The van der Waals surface area contributed by atoms with Gasteiger partial charge in [-0.15, -0.1) is 12.4 Å². The fourth-order valence-electron chi connectivity index (χ4n) is 5.95. The minimum absolute atomic E-state index is 0. The van der Waals surface area contributed by atoms with Crippen molar-refractivity contribution >= 4 is 39.2 Å². The standard InChI is InChI=1S/C28H31FN6O6S.ClH/c1-39-20-6-11-34(15-20)42(37,38)33-25-5-3-23(29)26(22(25)14-30)41-19-2-4-24-21(12-19)27(36)35(17-32-24)18-13-28(40-16-18)7-9-31-10-8-28;/h2-5,12,17-18,20,31,33H,6-11,13,15-16H2,1H3;1H/t18-,20?;/m1./s1. The average Bonchev–Trinajstić information content (AvgIpc) is 3.64. The smallest absolute Gasteiger partial charge is 0.301 e. The van der Waals surface area contributed by atoms with Gasteiger partial charge in [-0.2, -0.15) is 18.0 Å². The molecule has 3 aromatic rings. The van der Waals surface area contributed by atoms with E-state index < -0.39 is 21.8 Å². The minimum Gasteiger partial charge on any atom is -0.453 e. The third kappa shape index (κ3) is 6.06. The first-order chi connectivity index (χ1) is 20.2. The van der Waals surface area contributed by atoms with Crippen LogP contribution in [0.3, 0.4) is 0 Å². The predicted octanol–water partition coefficient (Wildman–Crippen LogP) is 3.08. The highest BCUT2D eigenvalue weighted by atomic mass is 35.5. The summed E-state index contributed by atoms with van der Waals surface area (Å²) < 4.78 is 63.3. The lowest BCUT2D eigenvalue weighted by molar-refractivity contribution is -0.0196. The van der Waals surface area contributed by atoms with Crippen molar-refractivity contribution in [2.24, 2.45) is 0 Å². The molecule has 1 aromatic heterocycles. The van der Waals surface area contributed by atoms with Gasteiger partial charge in [0.2, 0.25) is 0 Å². The molecule has 230 valence electrons. The summed E-state index contributed by atoms with van der Waals surface area (Å²) in [7, 11) is -2.53. The molecule has 0 radical (unpaired) electrons. The van der Waals surface area contributed by atoms with E-state index in [0.29, 0.717) is 25.0 Å². The number of ether oxygens (including phenoxy) is 3. The highest BCUT2D eigenvalue weighted by Crippen LogP contribution is 2.39. The molecule has 4 heterocycles. The summed E-state index contributed by atoms with van der Waals surface area (Å²) in [6.07, 6.45) is 4.29. The molecular formula is C28H32ClFN6O6S. The van der Waals surface area contributed by atoms with E-state index in [0.717, 1.165) is 32.0 Å². The molecule has 3 aliphatic rings. The number of rotatable bonds is 7. The topological polar surface area (TPSA) is 148 Å². The molecule has 0 amide bonds. The number of nitriles is 1. The minimum atomic E-state index is -4.04. The fourth-order valence-corrected chi connectivity index (χ4v) is 7.24. The van der Waals surface area contributed by atoms with E-state index in [1.165, 1.54) is 35.9 Å².